The monoisotopic (exact) mass is 606 g/mol. The summed E-state index contributed by atoms with van der Waals surface area (Å²) in [6.07, 6.45) is -0.694. The number of fused-ring (bicyclic) bond motifs is 1. The van der Waals surface area contributed by atoms with Crippen molar-refractivity contribution in [3.8, 4) is 11.1 Å². The van der Waals surface area contributed by atoms with E-state index in [2.05, 4.69) is 22.0 Å². The minimum absolute atomic E-state index is 0.119. The van der Waals surface area contributed by atoms with Gasteiger partial charge in [0.25, 0.3) is 5.56 Å². The normalized spacial score (nSPS) is 13.4. The number of hydrogen-bond acceptors (Lipinski definition) is 6. The molecule has 0 aliphatic carbocycles. The van der Waals surface area contributed by atoms with Crippen molar-refractivity contribution >= 4 is 34.5 Å². The van der Waals surface area contributed by atoms with Crippen LogP contribution in [0.5, 0.6) is 0 Å². The number of nitrogens with one attached hydrogen (secondary N) is 1. The summed E-state index contributed by atoms with van der Waals surface area (Å²) in [4.78, 5) is 46.1. The number of nitrogens with zero attached hydrogens (tertiary/aromatic N) is 5. The number of benzene rings is 2. The number of amides is 2. The SMILES string of the molecule is C=CC(=O)N(C)c1ccccc1-c1c(CC)n(CC(=O)Nc2ccc(C(F)(F)F)cc2)c2nc(C3=CCOCC3)nn2c1=O. The maximum absolute atomic E-state index is 14.1. The Morgan fingerprint density at radius 2 is 1.89 bits per heavy atom. The fourth-order valence-corrected chi connectivity index (χ4v) is 5.09. The molecule has 3 heterocycles. The van der Waals surface area contributed by atoms with Crippen molar-refractivity contribution in [1.29, 1.82) is 0 Å². The molecule has 0 unspecified atom stereocenters. The lowest BCUT2D eigenvalue weighted by Crippen LogP contribution is -2.30. The Morgan fingerprint density at radius 1 is 1.16 bits per heavy atom. The van der Waals surface area contributed by atoms with Crippen molar-refractivity contribution in [3.05, 3.63) is 94.7 Å². The summed E-state index contributed by atoms with van der Waals surface area (Å²) in [6, 6.07) is 11.0. The summed E-state index contributed by atoms with van der Waals surface area (Å²) in [6.45, 7) is 5.87. The first kappa shape index (κ1) is 30.4. The molecule has 2 aromatic heterocycles. The Labute approximate surface area is 250 Å². The average Bonchev–Trinajstić information content (AvgIpc) is 3.48. The van der Waals surface area contributed by atoms with Gasteiger partial charge in [-0.25, -0.2) is 0 Å². The molecule has 13 heteroatoms. The van der Waals surface area contributed by atoms with Crippen molar-refractivity contribution in [1.82, 2.24) is 19.2 Å². The zero-order chi connectivity index (χ0) is 31.6. The number of rotatable bonds is 8. The smallest absolute Gasteiger partial charge is 0.377 e. The van der Waals surface area contributed by atoms with Gasteiger partial charge in [-0.15, -0.1) is 5.10 Å². The molecule has 0 spiro atoms. The lowest BCUT2D eigenvalue weighted by atomic mass is 10.0. The van der Waals surface area contributed by atoms with E-state index in [1.54, 1.807) is 35.9 Å². The van der Waals surface area contributed by atoms with Gasteiger partial charge in [-0.3, -0.25) is 14.4 Å². The first-order valence-electron chi connectivity index (χ1n) is 13.8. The van der Waals surface area contributed by atoms with Crippen molar-refractivity contribution in [2.75, 3.05) is 30.5 Å². The number of hydrogen-bond donors (Lipinski definition) is 1. The lowest BCUT2D eigenvalue weighted by Gasteiger charge is -2.22. The van der Waals surface area contributed by atoms with Crippen molar-refractivity contribution in [3.63, 3.8) is 0 Å². The van der Waals surface area contributed by atoms with E-state index in [0.29, 0.717) is 48.8 Å². The fraction of sp³-hybridized carbons (Fsp3) is 0.258. The van der Waals surface area contributed by atoms with Gasteiger partial charge < -0.3 is 19.5 Å². The zero-order valence-corrected chi connectivity index (χ0v) is 24.0. The van der Waals surface area contributed by atoms with Crippen LogP contribution in [-0.4, -0.2) is 51.2 Å². The summed E-state index contributed by atoms with van der Waals surface area (Å²) in [5.74, 6) is -0.511. The van der Waals surface area contributed by atoms with E-state index in [1.807, 2.05) is 13.0 Å². The molecule has 2 aromatic carbocycles. The number of aromatic nitrogens is 4. The Bertz CT molecular complexity index is 1840. The van der Waals surface area contributed by atoms with Gasteiger partial charge in [-0.05, 0) is 54.8 Å². The van der Waals surface area contributed by atoms with Crippen LogP contribution in [0.2, 0.25) is 0 Å². The van der Waals surface area contributed by atoms with E-state index >= 15 is 0 Å². The average molecular weight is 607 g/mol. The molecule has 5 rings (SSSR count). The van der Waals surface area contributed by atoms with Gasteiger partial charge in [0.1, 0.15) is 6.54 Å². The number of likely N-dealkylation sites (N-methyl/N-ethyl adjacent to an activating group) is 1. The number of carbonyl (C=O) groups is 2. The molecule has 2 amide bonds. The molecule has 0 fully saturated rings. The molecule has 0 bridgehead atoms. The molecule has 0 atom stereocenters. The molecule has 4 aromatic rings. The van der Waals surface area contributed by atoms with Gasteiger partial charge in [0.15, 0.2) is 5.82 Å². The molecule has 228 valence electrons. The van der Waals surface area contributed by atoms with Crippen molar-refractivity contribution in [2.24, 2.45) is 0 Å². The minimum Gasteiger partial charge on any atom is -0.377 e. The Morgan fingerprint density at radius 3 is 2.52 bits per heavy atom. The third-order valence-electron chi connectivity index (χ3n) is 7.28. The zero-order valence-electron chi connectivity index (χ0n) is 24.0. The first-order chi connectivity index (χ1) is 21.0. The number of carbonyl (C=O) groups excluding carboxylic acids is 2. The molecule has 44 heavy (non-hydrogen) atoms. The second-order valence-electron chi connectivity index (χ2n) is 10.0. The van der Waals surface area contributed by atoms with Crippen LogP contribution in [0.3, 0.4) is 0 Å². The summed E-state index contributed by atoms with van der Waals surface area (Å²) in [5, 5.41) is 7.15. The number of halogens is 3. The van der Waals surface area contributed by atoms with Crippen LogP contribution in [0.4, 0.5) is 24.5 Å². The van der Waals surface area contributed by atoms with Crippen molar-refractivity contribution in [2.45, 2.75) is 32.5 Å². The van der Waals surface area contributed by atoms with E-state index in [1.165, 1.54) is 17.0 Å². The van der Waals surface area contributed by atoms with E-state index in [0.717, 1.165) is 28.3 Å². The highest BCUT2D eigenvalue weighted by Gasteiger charge is 2.30. The molecular weight excluding hydrogens is 577 g/mol. The Hall–Kier alpha value is -5.04. The largest absolute Gasteiger partial charge is 0.416 e. The van der Waals surface area contributed by atoms with E-state index in [9.17, 15) is 27.6 Å². The Kier molecular flexibility index (Phi) is 8.50. The molecule has 0 saturated heterocycles. The minimum atomic E-state index is -4.51. The van der Waals surface area contributed by atoms with Gasteiger partial charge in [-0.1, -0.05) is 37.8 Å². The van der Waals surface area contributed by atoms with E-state index in [4.69, 9.17) is 4.74 Å². The van der Waals surface area contributed by atoms with Crippen LogP contribution < -0.4 is 15.8 Å². The molecule has 0 radical (unpaired) electrons. The second-order valence-corrected chi connectivity index (χ2v) is 10.0. The lowest BCUT2D eigenvalue weighted by molar-refractivity contribution is -0.137. The van der Waals surface area contributed by atoms with Gasteiger partial charge in [-0.2, -0.15) is 22.7 Å². The number of anilines is 2. The second kappa shape index (κ2) is 12.3. The van der Waals surface area contributed by atoms with Crippen molar-refractivity contribution < 1.29 is 27.5 Å². The van der Waals surface area contributed by atoms with Gasteiger partial charge in [0, 0.05) is 24.0 Å². The van der Waals surface area contributed by atoms with Crippen LogP contribution in [0.25, 0.3) is 22.5 Å². The quantitative estimate of drug-likeness (QED) is 0.291. The standard InChI is InChI=1S/C31H29F3N6O4/c1-4-23-27(22-8-6-7-9-24(22)38(3)26(42)5-2)29(43)40-30(36-28(37-40)19-14-16-44-17-15-19)39(23)18-25(41)35-21-12-10-20(11-13-21)31(32,33)34/h5-14H,2,4,15-18H2,1,3H3,(H,35,41). The number of para-hydroxylation sites is 1. The van der Waals surface area contributed by atoms with Crippen LogP contribution in [0.15, 0.2) is 72.1 Å². The molecular formula is C31H29F3N6O4. The molecule has 0 saturated carbocycles. The summed E-state index contributed by atoms with van der Waals surface area (Å²) in [5.41, 5.74) is 1.18. The van der Waals surface area contributed by atoms with Crippen LogP contribution >= 0.6 is 0 Å². The molecule has 1 aliphatic rings. The summed E-state index contributed by atoms with van der Waals surface area (Å²) < 4.78 is 47.2. The maximum atomic E-state index is 14.1. The summed E-state index contributed by atoms with van der Waals surface area (Å²) in [7, 11) is 1.56. The van der Waals surface area contributed by atoms with Crippen LogP contribution in [0.1, 0.15) is 30.4 Å². The van der Waals surface area contributed by atoms with Gasteiger partial charge in [0.2, 0.25) is 17.6 Å². The number of ether oxygens (including phenoxy) is 1. The Balaban J connectivity index is 1.67. The van der Waals surface area contributed by atoms with E-state index in [-0.39, 0.29) is 29.5 Å². The highest BCUT2D eigenvalue weighted by Crippen LogP contribution is 2.33. The van der Waals surface area contributed by atoms with Gasteiger partial charge in [0.05, 0.1) is 30.0 Å². The third-order valence-corrected chi connectivity index (χ3v) is 7.28. The highest BCUT2D eigenvalue weighted by atomic mass is 19.4. The molecule has 10 nitrogen and oxygen atoms in total. The first-order valence-corrected chi connectivity index (χ1v) is 13.8. The summed E-state index contributed by atoms with van der Waals surface area (Å²) >= 11 is 0. The molecule has 1 N–H and O–H groups in total. The predicted octanol–water partition coefficient (Wildman–Crippen LogP) is 4.73. The highest BCUT2D eigenvalue weighted by molar-refractivity contribution is 6.03. The van der Waals surface area contributed by atoms with Gasteiger partial charge >= 0.3 is 6.18 Å². The fourth-order valence-electron chi connectivity index (χ4n) is 5.09. The maximum Gasteiger partial charge on any atom is 0.416 e. The van der Waals surface area contributed by atoms with Crippen LogP contribution in [0, 0.1) is 0 Å². The van der Waals surface area contributed by atoms with Crippen LogP contribution in [-0.2, 0) is 33.5 Å². The topological polar surface area (TPSA) is 111 Å². The predicted molar refractivity (Wildman–Crippen MR) is 159 cm³/mol. The third kappa shape index (κ3) is 5.91. The molecule has 1 aliphatic heterocycles. The van der Waals surface area contributed by atoms with E-state index < -0.39 is 23.2 Å². The number of alkyl halides is 3.